The summed E-state index contributed by atoms with van der Waals surface area (Å²) in [5, 5.41) is 9.20. The third kappa shape index (κ3) is 3.42. The Balaban J connectivity index is 2.15. The van der Waals surface area contributed by atoms with E-state index in [4.69, 9.17) is 5.73 Å². The summed E-state index contributed by atoms with van der Waals surface area (Å²) >= 11 is 0. The number of aromatic carboxylic acids is 1. The molecule has 1 unspecified atom stereocenters. The summed E-state index contributed by atoms with van der Waals surface area (Å²) < 4.78 is 0. The molecule has 1 aromatic carbocycles. The number of rotatable bonds is 4. The molecular weight excluding hydrogens is 268 g/mol. The van der Waals surface area contributed by atoms with E-state index < -0.39 is 12.0 Å². The Morgan fingerprint density at radius 2 is 2.10 bits per heavy atom. The van der Waals surface area contributed by atoms with E-state index in [0.29, 0.717) is 37.4 Å². The van der Waals surface area contributed by atoms with Crippen LogP contribution >= 0.6 is 0 Å². The predicted octanol–water partition coefficient (Wildman–Crippen LogP) is 1.64. The first-order valence-electron chi connectivity index (χ1n) is 7.28. The monoisotopic (exact) mass is 290 g/mol. The Kier molecular flexibility index (Phi) is 4.63. The zero-order valence-corrected chi connectivity index (χ0v) is 12.5. The van der Waals surface area contributed by atoms with Gasteiger partial charge in [0.05, 0.1) is 11.6 Å². The number of hydrogen-bond acceptors (Lipinski definition) is 3. The van der Waals surface area contributed by atoms with Gasteiger partial charge in [-0.1, -0.05) is 26.0 Å². The molecule has 0 radical (unpaired) electrons. The van der Waals surface area contributed by atoms with Gasteiger partial charge in [0.15, 0.2) is 0 Å². The second kappa shape index (κ2) is 6.26. The summed E-state index contributed by atoms with van der Waals surface area (Å²) in [6.07, 6.45) is 1.23. The summed E-state index contributed by atoms with van der Waals surface area (Å²) in [4.78, 5) is 25.3. The van der Waals surface area contributed by atoms with E-state index in [0.717, 1.165) is 11.1 Å². The van der Waals surface area contributed by atoms with Crippen LogP contribution in [0.4, 0.5) is 0 Å². The number of carbonyl (C=O) groups excluding carboxylic acids is 1. The number of carboxylic acids is 1. The van der Waals surface area contributed by atoms with Gasteiger partial charge in [0.2, 0.25) is 5.91 Å². The van der Waals surface area contributed by atoms with Crippen molar-refractivity contribution >= 4 is 11.9 Å². The molecule has 3 N–H and O–H groups in total. The van der Waals surface area contributed by atoms with Gasteiger partial charge in [-0.15, -0.1) is 0 Å². The normalized spacial score (nSPS) is 15.7. The Morgan fingerprint density at radius 1 is 1.38 bits per heavy atom. The number of fused-ring (bicyclic) bond motifs is 1. The molecule has 1 aliphatic rings. The van der Waals surface area contributed by atoms with Gasteiger partial charge in [0.1, 0.15) is 0 Å². The van der Waals surface area contributed by atoms with Crippen LogP contribution in [-0.2, 0) is 17.8 Å². The van der Waals surface area contributed by atoms with Crippen molar-refractivity contribution in [1.29, 1.82) is 0 Å². The maximum absolute atomic E-state index is 12.3. The van der Waals surface area contributed by atoms with Gasteiger partial charge >= 0.3 is 5.97 Å². The number of benzene rings is 1. The molecule has 1 heterocycles. The van der Waals surface area contributed by atoms with Crippen LogP contribution in [0.25, 0.3) is 0 Å². The lowest BCUT2D eigenvalue weighted by molar-refractivity contribution is -0.133. The average Bonchev–Trinajstić information content (AvgIpc) is 2.44. The van der Waals surface area contributed by atoms with Crippen molar-refractivity contribution in [1.82, 2.24) is 4.90 Å². The summed E-state index contributed by atoms with van der Waals surface area (Å²) in [5.74, 6) is -0.585. The number of carboxylic acid groups (broad SMARTS) is 1. The molecule has 114 valence electrons. The molecule has 1 atom stereocenters. The standard InChI is InChI=1S/C16H22N2O3/c1-10(2)8-14(17)15(19)18-7-6-12-11(9-18)4-3-5-13(12)16(20)21/h3-5,10,14H,6-9,17H2,1-2H3,(H,20,21). The fourth-order valence-corrected chi connectivity index (χ4v) is 2.84. The van der Waals surface area contributed by atoms with Crippen LogP contribution in [0.2, 0.25) is 0 Å². The second-order valence-corrected chi connectivity index (χ2v) is 5.99. The molecule has 1 amide bonds. The van der Waals surface area contributed by atoms with Crippen LogP contribution in [-0.4, -0.2) is 34.5 Å². The quantitative estimate of drug-likeness (QED) is 0.883. The lowest BCUT2D eigenvalue weighted by atomic mass is 9.93. The lowest BCUT2D eigenvalue weighted by Crippen LogP contribution is -2.46. The topological polar surface area (TPSA) is 83.6 Å². The van der Waals surface area contributed by atoms with Crippen molar-refractivity contribution in [2.45, 2.75) is 39.3 Å². The molecule has 2 rings (SSSR count). The SMILES string of the molecule is CC(C)CC(N)C(=O)N1CCc2c(cccc2C(=O)O)C1. The molecule has 0 aliphatic carbocycles. The van der Waals surface area contributed by atoms with E-state index in [2.05, 4.69) is 0 Å². The zero-order chi connectivity index (χ0) is 15.6. The highest BCUT2D eigenvalue weighted by Gasteiger charge is 2.27. The van der Waals surface area contributed by atoms with Crippen molar-refractivity contribution in [3.8, 4) is 0 Å². The smallest absolute Gasteiger partial charge is 0.335 e. The molecule has 5 heteroatoms. The van der Waals surface area contributed by atoms with Crippen molar-refractivity contribution < 1.29 is 14.7 Å². The van der Waals surface area contributed by atoms with E-state index in [1.165, 1.54) is 0 Å². The summed E-state index contributed by atoms with van der Waals surface area (Å²) in [5.41, 5.74) is 8.05. The Morgan fingerprint density at radius 3 is 2.71 bits per heavy atom. The molecule has 0 fully saturated rings. The van der Waals surface area contributed by atoms with E-state index in [1.54, 1.807) is 17.0 Å². The first kappa shape index (κ1) is 15.5. The van der Waals surface area contributed by atoms with E-state index in [1.807, 2.05) is 19.9 Å². The van der Waals surface area contributed by atoms with E-state index in [9.17, 15) is 14.7 Å². The van der Waals surface area contributed by atoms with Crippen LogP contribution in [0, 0.1) is 5.92 Å². The van der Waals surface area contributed by atoms with Gasteiger partial charge in [-0.05, 0) is 36.0 Å². The third-order valence-corrected chi connectivity index (χ3v) is 3.85. The van der Waals surface area contributed by atoms with Gasteiger partial charge < -0.3 is 15.7 Å². The van der Waals surface area contributed by atoms with E-state index >= 15 is 0 Å². The molecule has 0 spiro atoms. The molecule has 0 saturated carbocycles. The van der Waals surface area contributed by atoms with Crippen molar-refractivity contribution in [2.24, 2.45) is 11.7 Å². The molecule has 21 heavy (non-hydrogen) atoms. The fourth-order valence-electron chi connectivity index (χ4n) is 2.84. The number of carbonyl (C=O) groups is 2. The van der Waals surface area contributed by atoms with Crippen molar-refractivity contribution in [3.05, 3.63) is 34.9 Å². The highest BCUT2D eigenvalue weighted by Crippen LogP contribution is 2.23. The fraction of sp³-hybridized carbons (Fsp3) is 0.500. The molecule has 0 bridgehead atoms. The minimum Gasteiger partial charge on any atom is -0.478 e. The minimum absolute atomic E-state index is 0.0462. The van der Waals surface area contributed by atoms with Gasteiger partial charge in [-0.3, -0.25) is 4.79 Å². The molecule has 1 aliphatic heterocycles. The average molecular weight is 290 g/mol. The van der Waals surface area contributed by atoms with Crippen molar-refractivity contribution in [3.63, 3.8) is 0 Å². The predicted molar refractivity (Wildman–Crippen MR) is 80.0 cm³/mol. The minimum atomic E-state index is -0.914. The highest BCUT2D eigenvalue weighted by atomic mass is 16.4. The maximum Gasteiger partial charge on any atom is 0.335 e. The molecule has 0 saturated heterocycles. The van der Waals surface area contributed by atoms with Crippen molar-refractivity contribution in [2.75, 3.05) is 6.54 Å². The molecule has 5 nitrogen and oxygen atoms in total. The first-order valence-corrected chi connectivity index (χ1v) is 7.28. The lowest BCUT2D eigenvalue weighted by Gasteiger charge is -2.31. The number of hydrogen-bond donors (Lipinski definition) is 2. The van der Waals surface area contributed by atoms with Gasteiger partial charge in [0.25, 0.3) is 0 Å². The molecule has 1 aromatic rings. The van der Waals surface area contributed by atoms with Crippen LogP contribution in [0.3, 0.4) is 0 Å². The Labute approximate surface area is 124 Å². The zero-order valence-electron chi connectivity index (χ0n) is 12.5. The number of nitrogens with zero attached hydrogens (tertiary/aromatic N) is 1. The van der Waals surface area contributed by atoms with Crippen LogP contribution < -0.4 is 5.73 Å². The number of amides is 1. The first-order chi connectivity index (χ1) is 9.90. The second-order valence-electron chi connectivity index (χ2n) is 5.99. The highest BCUT2D eigenvalue weighted by molar-refractivity contribution is 5.90. The van der Waals surface area contributed by atoms with Crippen LogP contribution in [0.15, 0.2) is 18.2 Å². The van der Waals surface area contributed by atoms with Gasteiger partial charge in [-0.2, -0.15) is 0 Å². The van der Waals surface area contributed by atoms with Gasteiger partial charge in [-0.25, -0.2) is 4.79 Å². The Bertz CT molecular complexity index is 554. The molecule has 0 aromatic heterocycles. The maximum atomic E-state index is 12.3. The third-order valence-electron chi connectivity index (χ3n) is 3.85. The van der Waals surface area contributed by atoms with Crippen LogP contribution in [0.1, 0.15) is 41.8 Å². The van der Waals surface area contributed by atoms with Crippen LogP contribution in [0.5, 0.6) is 0 Å². The van der Waals surface area contributed by atoms with E-state index in [-0.39, 0.29) is 5.91 Å². The summed E-state index contributed by atoms with van der Waals surface area (Å²) in [6, 6.07) is 4.75. The molecular formula is C16H22N2O3. The summed E-state index contributed by atoms with van der Waals surface area (Å²) in [7, 11) is 0. The van der Waals surface area contributed by atoms with Gasteiger partial charge in [0, 0.05) is 13.1 Å². The Hall–Kier alpha value is -1.88. The number of nitrogens with two attached hydrogens (primary N) is 1. The largest absolute Gasteiger partial charge is 0.478 e. The summed E-state index contributed by atoms with van der Waals surface area (Å²) in [6.45, 7) is 5.05.